The third-order valence-corrected chi connectivity index (χ3v) is 5.33. The number of benzene rings is 2. The van der Waals surface area contributed by atoms with Crippen LogP contribution in [0.4, 0.5) is 0 Å². The molecule has 1 aliphatic rings. The van der Waals surface area contributed by atoms with E-state index in [1.54, 1.807) is 48.1 Å². The van der Waals surface area contributed by atoms with Crippen molar-refractivity contribution in [2.75, 3.05) is 33.3 Å². The zero-order valence-electron chi connectivity index (χ0n) is 16.9. The number of ether oxygens (including phenoxy) is 2. The van der Waals surface area contributed by atoms with Crippen molar-refractivity contribution in [1.82, 2.24) is 9.80 Å². The Kier molecular flexibility index (Phi) is 6.64. The van der Waals surface area contributed by atoms with Crippen molar-refractivity contribution >= 4 is 23.4 Å². The quantitative estimate of drug-likeness (QED) is 0.749. The summed E-state index contributed by atoms with van der Waals surface area (Å²) < 4.78 is 11.0. The first-order valence-electron chi connectivity index (χ1n) is 9.54. The molecule has 1 saturated heterocycles. The van der Waals surface area contributed by atoms with Crippen molar-refractivity contribution in [2.24, 2.45) is 0 Å². The van der Waals surface area contributed by atoms with E-state index >= 15 is 0 Å². The largest absolute Gasteiger partial charge is 0.496 e. The Morgan fingerprint density at radius 3 is 2.31 bits per heavy atom. The molecule has 0 spiro atoms. The van der Waals surface area contributed by atoms with Crippen LogP contribution in [0, 0.1) is 6.92 Å². The van der Waals surface area contributed by atoms with Crippen molar-refractivity contribution in [3.8, 4) is 11.5 Å². The van der Waals surface area contributed by atoms with Crippen LogP contribution in [0.5, 0.6) is 11.5 Å². The van der Waals surface area contributed by atoms with Gasteiger partial charge in [0.2, 0.25) is 0 Å². The lowest BCUT2D eigenvalue weighted by Crippen LogP contribution is -2.53. The first kappa shape index (κ1) is 21.0. The smallest absolute Gasteiger partial charge is 0.263 e. The number of rotatable bonds is 5. The Bertz CT molecular complexity index is 894. The van der Waals surface area contributed by atoms with Gasteiger partial charge in [-0.05, 0) is 43.7 Å². The molecule has 2 amide bonds. The second-order valence-corrected chi connectivity index (χ2v) is 7.40. The zero-order chi connectivity index (χ0) is 21.0. The molecule has 7 heteroatoms. The molecule has 2 aromatic rings. The summed E-state index contributed by atoms with van der Waals surface area (Å²) in [4.78, 5) is 29.0. The number of piperazine rings is 1. The topological polar surface area (TPSA) is 59.1 Å². The number of methoxy groups -OCH3 is 1. The molecule has 0 aromatic heterocycles. The minimum Gasteiger partial charge on any atom is -0.496 e. The lowest BCUT2D eigenvalue weighted by atomic mass is 10.1. The molecule has 1 unspecified atom stereocenters. The van der Waals surface area contributed by atoms with E-state index < -0.39 is 6.10 Å². The molecule has 6 nitrogen and oxygen atoms in total. The first-order valence-corrected chi connectivity index (χ1v) is 9.92. The number of hydrogen-bond donors (Lipinski definition) is 0. The van der Waals surface area contributed by atoms with Crippen molar-refractivity contribution < 1.29 is 19.1 Å². The molecule has 3 rings (SSSR count). The summed E-state index contributed by atoms with van der Waals surface area (Å²) in [7, 11) is 1.59. The maximum absolute atomic E-state index is 12.8. The monoisotopic (exact) mass is 416 g/mol. The third-order valence-electron chi connectivity index (χ3n) is 5.02. The Hall–Kier alpha value is -2.73. The molecular weight excluding hydrogens is 392 g/mol. The predicted molar refractivity (Wildman–Crippen MR) is 112 cm³/mol. The lowest BCUT2D eigenvalue weighted by Gasteiger charge is -2.36. The van der Waals surface area contributed by atoms with Gasteiger partial charge in [0.25, 0.3) is 11.8 Å². The summed E-state index contributed by atoms with van der Waals surface area (Å²) in [5, 5.41) is 0.469. The Morgan fingerprint density at radius 2 is 1.66 bits per heavy atom. The Labute approximate surface area is 176 Å². The van der Waals surface area contributed by atoms with Gasteiger partial charge in [-0.2, -0.15) is 0 Å². The summed E-state index contributed by atoms with van der Waals surface area (Å²) in [6.07, 6.45) is -0.654. The van der Waals surface area contributed by atoms with E-state index in [-0.39, 0.29) is 11.8 Å². The molecule has 29 heavy (non-hydrogen) atoms. The third kappa shape index (κ3) is 4.82. The fourth-order valence-corrected chi connectivity index (χ4v) is 3.48. The predicted octanol–water partition coefficient (Wildman–Crippen LogP) is 3.41. The van der Waals surface area contributed by atoms with E-state index in [1.807, 2.05) is 25.1 Å². The number of hydrogen-bond acceptors (Lipinski definition) is 4. The highest BCUT2D eigenvalue weighted by molar-refractivity contribution is 6.32. The van der Waals surface area contributed by atoms with E-state index in [2.05, 4.69) is 0 Å². The summed E-state index contributed by atoms with van der Waals surface area (Å²) in [5.41, 5.74) is 1.56. The molecular formula is C22H25ClN2O4. The number of para-hydroxylation sites is 1. The van der Waals surface area contributed by atoms with Gasteiger partial charge in [-0.3, -0.25) is 9.59 Å². The molecule has 0 saturated carbocycles. The van der Waals surface area contributed by atoms with Crippen LogP contribution >= 0.6 is 11.6 Å². The molecule has 0 bridgehead atoms. The van der Waals surface area contributed by atoms with E-state index in [9.17, 15) is 9.59 Å². The van der Waals surface area contributed by atoms with Gasteiger partial charge in [0, 0.05) is 31.7 Å². The van der Waals surface area contributed by atoms with Crippen molar-refractivity contribution in [3.05, 3.63) is 58.6 Å². The maximum atomic E-state index is 12.8. The molecule has 0 radical (unpaired) electrons. The number of halogens is 1. The van der Waals surface area contributed by atoms with Crippen LogP contribution < -0.4 is 9.47 Å². The van der Waals surface area contributed by atoms with E-state index in [4.69, 9.17) is 21.1 Å². The molecule has 1 heterocycles. The van der Waals surface area contributed by atoms with Gasteiger partial charge in [-0.1, -0.05) is 29.8 Å². The molecule has 1 aliphatic heterocycles. The number of aryl methyl sites for hydroxylation is 1. The number of carbonyl (C=O) groups excluding carboxylic acids is 2. The van der Waals surface area contributed by atoms with Crippen LogP contribution in [0.2, 0.25) is 5.02 Å². The van der Waals surface area contributed by atoms with E-state index in [0.29, 0.717) is 48.3 Å². The zero-order valence-corrected chi connectivity index (χ0v) is 17.6. The fraction of sp³-hybridized carbons (Fsp3) is 0.364. The van der Waals surface area contributed by atoms with E-state index in [0.717, 1.165) is 5.56 Å². The van der Waals surface area contributed by atoms with Gasteiger partial charge in [-0.25, -0.2) is 0 Å². The standard InChI is InChI=1S/C22H25ClN2O4/c1-15-8-9-17(14-20(15)28-3)22(27)25-12-10-24(11-13-25)21(26)16(2)29-19-7-5-4-6-18(19)23/h4-9,14,16H,10-13H2,1-3H3. The van der Waals surface area contributed by atoms with Gasteiger partial charge in [0.05, 0.1) is 12.1 Å². The fourth-order valence-electron chi connectivity index (χ4n) is 3.30. The second kappa shape index (κ2) is 9.18. The second-order valence-electron chi connectivity index (χ2n) is 6.99. The normalized spacial score (nSPS) is 15.0. The minimum absolute atomic E-state index is 0.0595. The molecule has 2 aromatic carbocycles. The number of carbonyl (C=O) groups is 2. The van der Waals surface area contributed by atoms with Crippen molar-refractivity contribution in [2.45, 2.75) is 20.0 Å². The highest BCUT2D eigenvalue weighted by Gasteiger charge is 2.28. The van der Waals surface area contributed by atoms with Gasteiger partial charge in [0.1, 0.15) is 11.5 Å². The van der Waals surface area contributed by atoms with Crippen LogP contribution in [0.15, 0.2) is 42.5 Å². The van der Waals surface area contributed by atoms with Gasteiger partial charge in [0.15, 0.2) is 6.10 Å². The van der Waals surface area contributed by atoms with Gasteiger partial charge in [-0.15, -0.1) is 0 Å². The highest BCUT2D eigenvalue weighted by atomic mass is 35.5. The highest BCUT2D eigenvalue weighted by Crippen LogP contribution is 2.25. The Morgan fingerprint density at radius 1 is 1.00 bits per heavy atom. The SMILES string of the molecule is COc1cc(C(=O)N2CCN(C(=O)C(C)Oc3ccccc3Cl)CC2)ccc1C. The lowest BCUT2D eigenvalue weighted by molar-refractivity contribution is -0.139. The summed E-state index contributed by atoms with van der Waals surface area (Å²) in [6, 6.07) is 12.5. The Balaban J connectivity index is 1.57. The van der Waals surface area contributed by atoms with Crippen LogP contribution in [-0.4, -0.2) is 61.0 Å². The summed E-state index contributed by atoms with van der Waals surface area (Å²) in [5.74, 6) is 0.997. The van der Waals surface area contributed by atoms with Gasteiger partial charge < -0.3 is 19.3 Å². The number of amides is 2. The molecule has 154 valence electrons. The minimum atomic E-state index is -0.654. The van der Waals surface area contributed by atoms with Crippen LogP contribution in [-0.2, 0) is 4.79 Å². The van der Waals surface area contributed by atoms with Crippen LogP contribution in [0.3, 0.4) is 0 Å². The van der Waals surface area contributed by atoms with Gasteiger partial charge >= 0.3 is 0 Å². The van der Waals surface area contributed by atoms with E-state index in [1.165, 1.54) is 0 Å². The van der Waals surface area contributed by atoms with Crippen molar-refractivity contribution in [3.63, 3.8) is 0 Å². The molecule has 1 atom stereocenters. The molecule has 0 aliphatic carbocycles. The first-order chi connectivity index (χ1) is 13.9. The average molecular weight is 417 g/mol. The molecule has 1 fully saturated rings. The molecule has 0 N–H and O–H groups in total. The summed E-state index contributed by atoms with van der Waals surface area (Å²) >= 11 is 6.10. The van der Waals surface area contributed by atoms with Crippen molar-refractivity contribution in [1.29, 1.82) is 0 Å². The summed E-state index contributed by atoms with van der Waals surface area (Å²) in [6.45, 7) is 5.51. The maximum Gasteiger partial charge on any atom is 0.263 e. The van der Waals surface area contributed by atoms with Crippen LogP contribution in [0.25, 0.3) is 0 Å². The number of nitrogens with zero attached hydrogens (tertiary/aromatic N) is 2. The average Bonchev–Trinajstić information content (AvgIpc) is 2.74. The van der Waals surface area contributed by atoms with Crippen LogP contribution in [0.1, 0.15) is 22.8 Å².